The Balaban J connectivity index is 2.08. The van der Waals surface area contributed by atoms with Gasteiger partial charge in [-0.25, -0.2) is 15.8 Å². The van der Waals surface area contributed by atoms with Crippen LogP contribution in [0.1, 0.15) is 47.5 Å². The largest absolute Gasteiger partial charge is 0.308 e. The molecule has 1 aliphatic carbocycles. The standard InChI is InChI=1S/C16H20N4/c1-3-14-10(2)15(20-17)19-16(18-14)13-9-8-11-6-4-5-7-12(11)13/h4-7,13H,3,8-9,17H2,1-2H3,(H,18,19,20). The molecule has 4 nitrogen and oxygen atoms in total. The number of benzene rings is 1. The van der Waals surface area contributed by atoms with E-state index in [1.165, 1.54) is 11.1 Å². The van der Waals surface area contributed by atoms with Gasteiger partial charge in [0.05, 0.1) is 0 Å². The van der Waals surface area contributed by atoms with Crippen molar-refractivity contribution in [1.29, 1.82) is 0 Å². The minimum absolute atomic E-state index is 0.296. The van der Waals surface area contributed by atoms with Gasteiger partial charge in [0.1, 0.15) is 11.6 Å². The number of rotatable bonds is 3. The van der Waals surface area contributed by atoms with Gasteiger partial charge in [-0.15, -0.1) is 0 Å². The Morgan fingerprint density at radius 2 is 2.10 bits per heavy atom. The lowest BCUT2D eigenvalue weighted by atomic mass is 10.00. The van der Waals surface area contributed by atoms with Crippen LogP contribution in [0.5, 0.6) is 0 Å². The highest BCUT2D eigenvalue weighted by Crippen LogP contribution is 2.37. The van der Waals surface area contributed by atoms with E-state index in [1.54, 1.807) is 0 Å². The first-order chi connectivity index (χ1) is 9.74. The van der Waals surface area contributed by atoms with Crippen molar-refractivity contribution in [3.63, 3.8) is 0 Å². The number of nitrogens with zero attached hydrogens (tertiary/aromatic N) is 2. The summed E-state index contributed by atoms with van der Waals surface area (Å²) in [6.07, 6.45) is 3.07. The zero-order valence-corrected chi connectivity index (χ0v) is 12.0. The van der Waals surface area contributed by atoms with Crippen LogP contribution >= 0.6 is 0 Å². The van der Waals surface area contributed by atoms with Gasteiger partial charge in [-0.2, -0.15) is 0 Å². The molecule has 20 heavy (non-hydrogen) atoms. The number of hydrogen-bond acceptors (Lipinski definition) is 4. The first-order valence-corrected chi connectivity index (χ1v) is 7.16. The van der Waals surface area contributed by atoms with Gasteiger partial charge < -0.3 is 5.43 Å². The Kier molecular flexibility index (Phi) is 3.40. The Bertz CT molecular complexity index is 611. The maximum Gasteiger partial charge on any atom is 0.146 e. The monoisotopic (exact) mass is 268 g/mol. The number of nitrogens with two attached hydrogens (primary N) is 1. The Morgan fingerprint density at radius 3 is 2.85 bits per heavy atom. The van der Waals surface area contributed by atoms with E-state index in [-0.39, 0.29) is 0 Å². The second-order valence-electron chi connectivity index (χ2n) is 5.29. The minimum atomic E-state index is 0.296. The highest BCUT2D eigenvalue weighted by molar-refractivity contribution is 5.47. The Labute approximate surface area is 119 Å². The molecule has 0 saturated heterocycles. The Hall–Kier alpha value is -1.94. The van der Waals surface area contributed by atoms with E-state index >= 15 is 0 Å². The fourth-order valence-electron chi connectivity index (χ4n) is 3.05. The third-order valence-electron chi connectivity index (χ3n) is 4.18. The number of aromatic nitrogens is 2. The molecule has 1 aromatic carbocycles. The second-order valence-corrected chi connectivity index (χ2v) is 5.29. The first-order valence-electron chi connectivity index (χ1n) is 7.16. The molecule has 3 rings (SSSR count). The Morgan fingerprint density at radius 1 is 1.30 bits per heavy atom. The molecule has 0 amide bonds. The molecule has 104 valence electrons. The first kappa shape index (κ1) is 13.1. The topological polar surface area (TPSA) is 63.8 Å². The molecule has 2 aromatic rings. The molecular weight excluding hydrogens is 248 g/mol. The molecule has 1 heterocycles. The maximum absolute atomic E-state index is 5.60. The predicted molar refractivity (Wildman–Crippen MR) is 80.6 cm³/mol. The lowest BCUT2D eigenvalue weighted by molar-refractivity contribution is 0.717. The van der Waals surface area contributed by atoms with Crippen molar-refractivity contribution in [2.75, 3.05) is 5.43 Å². The summed E-state index contributed by atoms with van der Waals surface area (Å²) in [5, 5.41) is 0. The van der Waals surface area contributed by atoms with E-state index in [2.05, 4.69) is 41.6 Å². The third-order valence-corrected chi connectivity index (χ3v) is 4.18. The maximum atomic E-state index is 5.60. The predicted octanol–water partition coefficient (Wildman–Crippen LogP) is 2.71. The summed E-state index contributed by atoms with van der Waals surface area (Å²) in [5.74, 6) is 7.53. The minimum Gasteiger partial charge on any atom is -0.308 e. The van der Waals surface area contributed by atoms with Crippen LogP contribution in [0.2, 0.25) is 0 Å². The van der Waals surface area contributed by atoms with Crippen LogP contribution in [0.3, 0.4) is 0 Å². The fraction of sp³-hybridized carbons (Fsp3) is 0.375. The molecule has 0 spiro atoms. The molecule has 0 saturated carbocycles. The van der Waals surface area contributed by atoms with Gasteiger partial charge >= 0.3 is 0 Å². The van der Waals surface area contributed by atoms with E-state index in [4.69, 9.17) is 10.8 Å². The molecule has 1 aromatic heterocycles. The van der Waals surface area contributed by atoms with Gasteiger partial charge in [0.15, 0.2) is 0 Å². The van der Waals surface area contributed by atoms with Crippen LogP contribution in [-0.4, -0.2) is 9.97 Å². The van der Waals surface area contributed by atoms with Crippen molar-refractivity contribution in [2.24, 2.45) is 5.84 Å². The number of fused-ring (bicyclic) bond motifs is 1. The van der Waals surface area contributed by atoms with Crippen molar-refractivity contribution < 1.29 is 0 Å². The number of nitrogens with one attached hydrogen (secondary N) is 1. The molecule has 0 fully saturated rings. The zero-order valence-electron chi connectivity index (χ0n) is 12.0. The summed E-state index contributed by atoms with van der Waals surface area (Å²) in [6, 6.07) is 8.58. The zero-order chi connectivity index (χ0) is 14.1. The average Bonchev–Trinajstić information content (AvgIpc) is 2.91. The summed E-state index contributed by atoms with van der Waals surface area (Å²) >= 11 is 0. The van der Waals surface area contributed by atoms with Crippen LogP contribution in [0.25, 0.3) is 0 Å². The summed E-state index contributed by atoms with van der Waals surface area (Å²) in [6.45, 7) is 4.13. The van der Waals surface area contributed by atoms with E-state index < -0.39 is 0 Å². The lowest BCUT2D eigenvalue weighted by Crippen LogP contribution is -2.15. The number of nitrogen functional groups attached to an aromatic ring is 1. The summed E-state index contributed by atoms with van der Waals surface area (Å²) < 4.78 is 0. The summed E-state index contributed by atoms with van der Waals surface area (Å²) in [4.78, 5) is 9.41. The normalized spacial score (nSPS) is 17.1. The molecular formula is C16H20N4. The molecule has 0 radical (unpaired) electrons. The van der Waals surface area contributed by atoms with Crippen molar-refractivity contribution in [1.82, 2.24) is 9.97 Å². The van der Waals surface area contributed by atoms with E-state index in [9.17, 15) is 0 Å². The van der Waals surface area contributed by atoms with Crippen LogP contribution < -0.4 is 11.3 Å². The van der Waals surface area contributed by atoms with E-state index in [0.717, 1.165) is 42.2 Å². The third kappa shape index (κ3) is 2.06. The van der Waals surface area contributed by atoms with Gasteiger partial charge in [-0.05, 0) is 37.3 Å². The van der Waals surface area contributed by atoms with Crippen molar-refractivity contribution in [3.05, 3.63) is 52.5 Å². The number of aryl methyl sites for hydroxylation is 2. The molecule has 0 aliphatic heterocycles. The second kappa shape index (κ2) is 5.21. The highest BCUT2D eigenvalue weighted by Gasteiger charge is 2.26. The van der Waals surface area contributed by atoms with Crippen molar-refractivity contribution >= 4 is 5.82 Å². The quantitative estimate of drug-likeness (QED) is 0.663. The molecule has 3 N–H and O–H groups in total. The van der Waals surface area contributed by atoms with Gasteiger partial charge in [-0.1, -0.05) is 31.2 Å². The van der Waals surface area contributed by atoms with Crippen LogP contribution in [0.4, 0.5) is 5.82 Å². The molecule has 4 heteroatoms. The van der Waals surface area contributed by atoms with Crippen molar-refractivity contribution in [2.45, 2.75) is 39.0 Å². The molecule has 0 bridgehead atoms. The smallest absolute Gasteiger partial charge is 0.146 e. The summed E-state index contributed by atoms with van der Waals surface area (Å²) in [7, 11) is 0. The molecule has 1 atom stereocenters. The van der Waals surface area contributed by atoms with Gasteiger partial charge in [0, 0.05) is 17.2 Å². The van der Waals surface area contributed by atoms with Gasteiger partial charge in [-0.3, -0.25) is 0 Å². The molecule has 1 unspecified atom stereocenters. The highest BCUT2D eigenvalue weighted by atomic mass is 15.3. The van der Waals surface area contributed by atoms with Crippen LogP contribution in [-0.2, 0) is 12.8 Å². The van der Waals surface area contributed by atoms with E-state index in [1.807, 2.05) is 6.92 Å². The van der Waals surface area contributed by atoms with E-state index in [0.29, 0.717) is 5.92 Å². The number of hydrogen-bond donors (Lipinski definition) is 2. The van der Waals surface area contributed by atoms with Crippen LogP contribution in [0.15, 0.2) is 24.3 Å². The van der Waals surface area contributed by atoms with Gasteiger partial charge in [0.25, 0.3) is 0 Å². The lowest BCUT2D eigenvalue weighted by Gasteiger charge is -2.15. The van der Waals surface area contributed by atoms with Crippen molar-refractivity contribution in [3.8, 4) is 0 Å². The number of hydrazine groups is 1. The SMILES string of the molecule is CCc1nc(C2CCc3ccccc32)nc(NN)c1C. The fourth-order valence-corrected chi connectivity index (χ4v) is 3.05. The molecule has 1 aliphatic rings. The summed E-state index contributed by atoms with van der Waals surface area (Å²) in [5.41, 5.74) is 7.61. The van der Waals surface area contributed by atoms with Crippen LogP contribution in [0, 0.1) is 6.92 Å². The van der Waals surface area contributed by atoms with Gasteiger partial charge in [0.2, 0.25) is 0 Å². The number of anilines is 1. The average molecular weight is 268 g/mol.